The third-order valence-corrected chi connectivity index (χ3v) is 11.2. The number of rotatable bonds is 3. The van der Waals surface area contributed by atoms with E-state index in [0.29, 0.717) is 17.6 Å². The molecule has 232 valence electrons. The fourth-order valence-corrected chi connectivity index (χ4v) is 8.78. The van der Waals surface area contributed by atoms with Gasteiger partial charge in [0.05, 0.1) is 11.4 Å². The third-order valence-electron chi connectivity index (χ3n) is 10.0. The van der Waals surface area contributed by atoms with Crippen molar-refractivity contribution in [3.05, 3.63) is 158 Å². The topological polar surface area (TPSA) is 41.9 Å². The largest absolute Gasteiger partial charge is 0.277 e. The highest BCUT2D eigenvalue weighted by Crippen LogP contribution is 2.52. The lowest BCUT2D eigenvalue weighted by atomic mass is 9.89. The molecular formula is C45H26N4S. The van der Waals surface area contributed by atoms with Gasteiger partial charge >= 0.3 is 0 Å². The Morgan fingerprint density at radius 2 is 1.08 bits per heavy atom. The molecule has 5 heteroatoms. The van der Waals surface area contributed by atoms with Crippen LogP contribution >= 0.6 is 11.3 Å². The number of aromatic nitrogens is 3. The van der Waals surface area contributed by atoms with Crippen LogP contribution in [0.25, 0.3) is 86.4 Å². The van der Waals surface area contributed by atoms with Crippen LogP contribution in [0.2, 0.25) is 0 Å². The third kappa shape index (κ3) is 4.08. The smallest absolute Gasteiger partial charge is 0.238 e. The summed E-state index contributed by atoms with van der Waals surface area (Å²) in [6.45, 7) is 0. The van der Waals surface area contributed by atoms with Crippen LogP contribution in [-0.2, 0) is 0 Å². The van der Waals surface area contributed by atoms with Gasteiger partial charge in [-0.3, -0.25) is 4.90 Å². The lowest BCUT2D eigenvalue weighted by molar-refractivity contribution is 1.03. The molecular weight excluding hydrogens is 629 g/mol. The fraction of sp³-hybridized carbons (Fsp3) is 0. The molecule has 0 saturated heterocycles. The van der Waals surface area contributed by atoms with Gasteiger partial charge in [0, 0.05) is 47.6 Å². The molecule has 0 atom stereocenters. The second-order valence-electron chi connectivity index (χ2n) is 12.9. The van der Waals surface area contributed by atoms with E-state index in [2.05, 4.69) is 163 Å². The molecule has 10 aromatic rings. The summed E-state index contributed by atoms with van der Waals surface area (Å²) in [7, 11) is 0. The zero-order chi connectivity index (χ0) is 32.8. The monoisotopic (exact) mass is 654 g/mol. The Morgan fingerprint density at radius 3 is 1.96 bits per heavy atom. The zero-order valence-electron chi connectivity index (χ0n) is 26.7. The lowest BCUT2D eigenvalue weighted by Crippen LogP contribution is -2.19. The molecule has 1 aliphatic heterocycles. The molecule has 0 fully saturated rings. The summed E-state index contributed by atoms with van der Waals surface area (Å²) < 4.78 is 2.52. The predicted molar refractivity (Wildman–Crippen MR) is 210 cm³/mol. The van der Waals surface area contributed by atoms with Crippen molar-refractivity contribution in [2.75, 3.05) is 4.90 Å². The quantitative estimate of drug-likeness (QED) is 0.190. The van der Waals surface area contributed by atoms with Crippen molar-refractivity contribution < 1.29 is 0 Å². The summed E-state index contributed by atoms with van der Waals surface area (Å²) in [5.41, 5.74) is 6.42. The van der Waals surface area contributed by atoms with Crippen LogP contribution in [0.15, 0.2) is 158 Å². The van der Waals surface area contributed by atoms with Crippen LogP contribution in [-0.4, -0.2) is 15.0 Å². The molecule has 0 unspecified atom stereocenters. The minimum atomic E-state index is 0.591. The first kappa shape index (κ1) is 27.5. The molecule has 8 aromatic carbocycles. The van der Waals surface area contributed by atoms with E-state index in [0.717, 1.165) is 38.8 Å². The number of anilines is 3. The molecule has 0 radical (unpaired) electrons. The van der Waals surface area contributed by atoms with Gasteiger partial charge in [0.25, 0.3) is 0 Å². The van der Waals surface area contributed by atoms with Crippen molar-refractivity contribution in [1.29, 1.82) is 0 Å². The Balaban J connectivity index is 1.23. The van der Waals surface area contributed by atoms with Gasteiger partial charge in [-0.05, 0) is 63.5 Å². The van der Waals surface area contributed by atoms with Gasteiger partial charge in [-0.1, -0.05) is 121 Å². The molecule has 50 heavy (non-hydrogen) atoms. The van der Waals surface area contributed by atoms with Gasteiger partial charge in [-0.2, -0.15) is 9.97 Å². The van der Waals surface area contributed by atoms with E-state index in [9.17, 15) is 0 Å². The summed E-state index contributed by atoms with van der Waals surface area (Å²) in [4.78, 5) is 18.2. The normalized spacial score (nSPS) is 12.4. The van der Waals surface area contributed by atoms with Crippen LogP contribution in [0, 0.1) is 0 Å². The van der Waals surface area contributed by atoms with Gasteiger partial charge in [0.15, 0.2) is 11.6 Å². The first-order valence-electron chi connectivity index (χ1n) is 16.8. The predicted octanol–water partition coefficient (Wildman–Crippen LogP) is 12.5. The molecule has 0 N–H and O–H groups in total. The van der Waals surface area contributed by atoms with Crippen molar-refractivity contribution >= 4 is 81.1 Å². The van der Waals surface area contributed by atoms with Gasteiger partial charge in [-0.15, -0.1) is 11.3 Å². The summed E-state index contributed by atoms with van der Waals surface area (Å²) in [5.74, 6) is 1.87. The highest BCUT2D eigenvalue weighted by molar-refractivity contribution is 7.25. The van der Waals surface area contributed by atoms with Crippen molar-refractivity contribution in [2.24, 2.45) is 0 Å². The van der Waals surface area contributed by atoms with Gasteiger partial charge in [0.2, 0.25) is 5.95 Å². The second kappa shape index (κ2) is 10.5. The van der Waals surface area contributed by atoms with Gasteiger partial charge < -0.3 is 0 Å². The minimum absolute atomic E-state index is 0.591. The van der Waals surface area contributed by atoms with Crippen LogP contribution in [0.1, 0.15) is 0 Å². The summed E-state index contributed by atoms with van der Waals surface area (Å²) >= 11 is 1.82. The molecule has 0 amide bonds. The average Bonchev–Trinajstić information content (AvgIpc) is 3.56. The molecule has 11 rings (SSSR count). The van der Waals surface area contributed by atoms with Crippen LogP contribution in [0.5, 0.6) is 0 Å². The van der Waals surface area contributed by atoms with E-state index in [4.69, 9.17) is 15.0 Å². The molecule has 0 aliphatic carbocycles. The van der Waals surface area contributed by atoms with Crippen LogP contribution < -0.4 is 4.90 Å². The molecule has 2 aromatic heterocycles. The standard InChI is InChI=1S/C45H26N4S/c1-2-11-30-25-31(20-19-27(30)9-1)43-46-44(32-22-24-40-37(26-32)34-15-5-6-18-39(34)50-40)48-45(47-43)49-38-17-8-13-29-12-7-16-35(41(29)38)36-23-21-28-10-3-4-14-33(28)42(36)49/h1-26H. The van der Waals surface area contributed by atoms with E-state index >= 15 is 0 Å². The van der Waals surface area contributed by atoms with E-state index < -0.39 is 0 Å². The summed E-state index contributed by atoms with van der Waals surface area (Å²) in [6.07, 6.45) is 0. The Hall–Kier alpha value is -6.43. The first-order chi connectivity index (χ1) is 24.8. The van der Waals surface area contributed by atoms with Crippen molar-refractivity contribution in [3.8, 4) is 33.9 Å². The molecule has 4 nitrogen and oxygen atoms in total. The number of hydrogen-bond acceptors (Lipinski definition) is 5. The first-order valence-corrected chi connectivity index (χ1v) is 17.6. The van der Waals surface area contributed by atoms with Crippen LogP contribution in [0.4, 0.5) is 17.3 Å². The summed E-state index contributed by atoms with van der Waals surface area (Å²) in [5, 5.41) is 9.48. The molecule has 0 bridgehead atoms. The molecule has 1 aliphatic rings. The zero-order valence-corrected chi connectivity index (χ0v) is 27.5. The average molecular weight is 655 g/mol. The Bertz CT molecular complexity index is 3010. The highest BCUT2D eigenvalue weighted by atomic mass is 32.1. The fourth-order valence-electron chi connectivity index (χ4n) is 7.69. The maximum Gasteiger partial charge on any atom is 0.238 e. The summed E-state index contributed by atoms with van der Waals surface area (Å²) in [6, 6.07) is 56.2. The van der Waals surface area contributed by atoms with Gasteiger partial charge in [-0.25, -0.2) is 4.98 Å². The van der Waals surface area contributed by atoms with Crippen molar-refractivity contribution in [2.45, 2.75) is 0 Å². The molecule has 0 saturated carbocycles. The maximum atomic E-state index is 5.36. The Kier molecular flexibility index (Phi) is 5.80. The second-order valence-corrected chi connectivity index (χ2v) is 13.9. The van der Waals surface area contributed by atoms with E-state index in [1.165, 1.54) is 47.3 Å². The van der Waals surface area contributed by atoms with Crippen molar-refractivity contribution in [1.82, 2.24) is 15.0 Å². The maximum absolute atomic E-state index is 5.36. The van der Waals surface area contributed by atoms with Crippen LogP contribution in [0.3, 0.4) is 0 Å². The SMILES string of the molecule is c1ccc2cc(-c3nc(-c4ccc5sc6ccccc6c5c4)nc(N4c5c(ccc6ccccc56)-c5cccc6cccc4c56)n3)ccc2c1. The molecule has 3 heterocycles. The number of benzene rings is 8. The number of fused-ring (bicyclic) bond motifs is 8. The molecule has 0 spiro atoms. The van der Waals surface area contributed by atoms with Crippen molar-refractivity contribution in [3.63, 3.8) is 0 Å². The van der Waals surface area contributed by atoms with E-state index in [1.54, 1.807) is 0 Å². The minimum Gasteiger partial charge on any atom is -0.277 e. The number of nitrogens with zero attached hydrogens (tertiary/aromatic N) is 4. The van der Waals surface area contributed by atoms with E-state index in [-0.39, 0.29) is 0 Å². The lowest BCUT2D eigenvalue weighted by Gasteiger charge is -2.33. The highest BCUT2D eigenvalue weighted by Gasteiger charge is 2.30. The Labute approximate surface area is 291 Å². The van der Waals surface area contributed by atoms with Gasteiger partial charge in [0.1, 0.15) is 0 Å². The number of thiophene rings is 1. The Morgan fingerprint density at radius 1 is 0.420 bits per heavy atom. The van der Waals surface area contributed by atoms with E-state index in [1.807, 2.05) is 11.3 Å². The number of hydrogen-bond donors (Lipinski definition) is 0.